The highest BCUT2D eigenvalue weighted by molar-refractivity contribution is 5.83. The van der Waals surface area contributed by atoms with Crippen LogP contribution in [0.5, 0.6) is 11.5 Å². The molecular weight excluding hydrogens is 272 g/mol. The second-order valence-electron chi connectivity index (χ2n) is 5.44. The SMILES string of the molecule is N#CC1CN1C(c1ccc2c(c1)OCO2)N1CC1C(N)=O. The number of nitriles is 1. The molecule has 3 aliphatic rings. The molecule has 7 nitrogen and oxygen atoms in total. The van der Waals surface area contributed by atoms with Crippen molar-refractivity contribution >= 4 is 5.91 Å². The van der Waals surface area contributed by atoms with E-state index < -0.39 is 0 Å². The van der Waals surface area contributed by atoms with Gasteiger partial charge in [0.1, 0.15) is 12.1 Å². The van der Waals surface area contributed by atoms with E-state index in [-0.39, 0.29) is 30.9 Å². The van der Waals surface area contributed by atoms with Crippen molar-refractivity contribution in [2.24, 2.45) is 5.73 Å². The Morgan fingerprint density at radius 2 is 2.14 bits per heavy atom. The molecule has 2 saturated heterocycles. The van der Waals surface area contributed by atoms with E-state index in [1.807, 2.05) is 28.0 Å². The van der Waals surface area contributed by atoms with Gasteiger partial charge in [-0.1, -0.05) is 6.07 Å². The molecule has 5 unspecified atom stereocenters. The summed E-state index contributed by atoms with van der Waals surface area (Å²) in [6, 6.07) is 7.61. The molecule has 1 amide bonds. The number of amides is 1. The number of carbonyl (C=O) groups excluding carboxylic acids is 1. The van der Waals surface area contributed by atoms with Gasteiger partial charge in [-0.2, -0.15) is 5.26 Å². The van der Waals surface area contributed by atoms with E-state index in [1.165, 1.54) is 0 Å². The Morgan fingerprint density at radius 1 is 1.33 bits per heavy atom. The van der Waals surface area contributed by atoms with Crippen LogP contribution < -0.4 is 15.2 Å². The molecule has 0 saturated carbocycles. The maximum Gasteiger partial charge on any atom is 0.236 e. The number of nitrogens with two attached hydrogens (primary N) is 1. The van der Waals surface area contributed by atoms with E-state index in [9.17, 15) is 4.79 Å². The normalized spacial score (nSPS) is 33.1. The summed E-state index contributed by atoms with van der Waals surface area (Å²) in [4.78, 5) is 15.4. The fraction of sp³-hybridized carbons (Fsp3) is 0.429. The molecule has 1 aromatic rings. The van der Waals surface area contributed by atoms with Gasteiger partial charge in [-0.25, -0.2) is 0 Å². The molecule has 2 fully saturated rings. The third kappa shape index (κ3) is 2.00. The minimum absolute atomic E-state index is 0.102. The minimum Gasteiger partial charge on any atom is -0.454 e. The quantitative estimate of drug-likeness (QED) is 0.770. The molecule has 0 spiro atoms. The predicted molar refractivity (Wildman–Crippen MR) is 71.1 cm³/mol. The van der Waals surface area contributed by atoms with E-state index in [0.717, 1.165) is 11.3 Å². The Morgan fingerprint density at radius 3 is 2.81 bits per heavy atom. The van der Waals surface area contributed by atoms with Gasteiger partial charge in [0.2, 0.25) is 12.7 Å². The van der Waals surface area contributed by atoms with E-state index in [2.05, 4.69) is 6.07 Å². The van der Waals surface area contributed by atoms with Crippen LogP contribution in [0.25, 0.3) is 0 Å². The number of hydrogen-bond donors (Lipinski definition) is 1. The summed E-state index contributed by atoms with van der Waals surface area (Å²) in [5.74, 6) is 1.10. The number of rotatable bonds is 4. The number of ether oxygens (including phenoxy) is 2. The summed E-state index contributed by atoms with van der Waals surface area (Å²) < 4.78 is 10.7. The lowest BCUT2D eigenvalue weighted by Crippen LogP contribution is -2.27. The first kappa shape index (κ1) is 12.4. The van der Waals surface area contributed by atoms with Crippen LogP contribution >= 0.6 is 0 Å². The van der Waals surface area contributed by atoms with Crippen LogP contribution in [0.3, 0.4) is 0 Å². The largest absolute Gasteiger partial charge is 0.454 e. The Labute approximate surface area is 121 Å². The van der Waals surface area contributed by atoms with Crippen LogP contribution in [0, 0.1) is 11.3 Å². The monoisotopic (exact) mass is 286 g/mol. The van der Waals surface area contributed by atoms with Crippen molar-refractivity contribution in [3.8, 4) is 17.6 Å². The molecule has 0 aromatic heterocycles. The van der Waals surface area contributed by atoms with Gasteiger partial charge in [-0.15, -0.1) is 0 Å². The molecule has 3 aliphatic heterocycles. The fourth-order valence-electron chi connectivity index (χ4n) is 2.86. The third-order valence-electron chi connectivity index (χ3n) is 4.10. The number of benzene rings is 1. The molecule has 21 heavy (non-hydrogen) atoms. The van der Waals surface area contributed by atoms with Gasteiger partial charge in [-0.05, 0) is 17.7 Å². The Kier molecular flexibility index (Phi) is 2.58. The first-order valence-corrected chi connectivity index (χ1v) is 6.79. The lowest BCUT2D eigenvalue weighted by Gasteiger charge is -2.21. The van der Waals surface area contributed by atoms with Gasteiger partial charge in [0.05, 0.1) is 12.2 Å². The Bertz CT molecular complexity index is 656. The Balaban J connectivity index is 1.64. The zero-order valence-electron chi connectivity index (χ0n) is 11.2. The standard InChI is InChI=1S/C14H14N4O3/c15-4-9-5-17(9)14(18-6-10(18)13(16)19)8-1-2-11-12(3-8)21-7-20-11/h1-3,9-10,14H,5-7H2,(H2,16,19). The number of nitrogens with zero attached hydrogens (tertiary/aromatic N) is 3. The first-order valence-electron chi connectivity index (χ1n) is 6.79. The highest BCUT2D eigenvalue weighted by Crippen LogP contribution is 2.43. The van der Waals surface area contributed by atoms with Crippen LogP contribution in [0.15, 0.2) is 18.2 Å². The number of fused-ring (bicyclic) bond motifs is 1. The lowest BCUT2D eigenvalue weighted by atomic mass is 10.1. The maximum absolute atomic E-state index is 11.3. The summed E-state index contributed by atoms with van der Waals surface area (Å²) in [5, 5.41) is 9.06. The van der Waals surface area contributed by atoms with Crippen molar-refractivity contribution in [1.82, 2.24) is 9.80 Å². The zero-order chi connectivity index (χ0) is 14.6. The molecule has 5 atom stereocenters. The van der Waals surface area contributed by atoms with Gasteiger partial charge >= 0.3 is 0 Å². The van der Waals surface area contributed by atoms with Crippen molar-refractivity contribution in [3.05, 3.63) is 23.8 Å². The highest BCUT2D eigenvalue weighted by Gasteiger charge is 2.52. The first-order chi connectivity index (χ1) is 10.2. The Hall–Kier alpha value is -2.30. The molecule has 3 heterocycles. The predicted octanol–water partition coefficient (Wildman–Crippen LogP) is -0.209. The fourth-order valence-corrected chi connectivity index (χ4v) is 2.86. The molecule has 0 radical (unpaired) electrons. The topological polar surface area (TPSA) is 91.4 Å². The molecule has 2 N–H and O–H groups in total. The van der Waals surface area contributed by atoms with Gasteiger partial charge in [-0.3, -0.25) is 14.6 Å². The third-order valence-corrected chi connectivity index (χ3v) is 4.10. The lowest BCUT2D eigenvalue weighted by molar-refractivity contribution is -0.118. The molecule has 7 heteroatoms. The van der Waals surface area contributed by atoms with E-state index in [1.54, 1.807) is 0 Å². The summed E-state index contributed by atoms with van der Waals surface area (Å²) in [6.45, 7) is 1.56. The minimum atomic E-state index is -0.323. The maximum atomic E-state index is 11.3. The van der Waals surface area contributed by atoms with E-state index in [0.29, 0.717) is 18.8 Å². The van der Waals surface area contributed by atoms with Crippen molar-refractivity contribution < 1.29 is 14.3 Å². The summed E-state index contributed by atoms with van der Waals surface area (Å²) >= 11 is 0. The number of hydrogen-bond acceptors (Lipinski definition) is 6. The number of carbonyl (C=O) groups is 1. The van der Waals surface area contributed by atoms with E-state index in [4.69, 9.17) is 20.5 Å². The van der Waals surface area contributed by atoms with Gasteiger partial charge in [0.25, 0.3) is 0 Å². The molecule has 108 valence electrons. The van der Waals surface area contributed by atoms with Crippen LogP contribution in [0.4, 0.5) is 0 Å². The van der Waals surface area contributed by atoms with Crippen molar-refractivity contribution in [2.45, 2.75) is 18.2 Å². The second kappa shape index (κ2) is 4.35. The molecule has 0 aliphatic carbocycles. The smallest absolute Gasteiger partial charge is 0.236 e. The molecule has 4 rings (SSSR count). The van der Waals surface area contributed by atoms with Crippen LogP contribution in [0.2, 0.25) is 0 Å². The van der Waals surface area contributed by atoms with E-state index >= 15 is 0 Å². The summed E-state index contributed by atoms with van der Waals surface area (Å²) in [6.07, 6.45) is -0.110. The van der Waals surface area contributed by atoms with Crippen LogP contribution in [-0.4, -0.2) is 47.7 Å². The van der Waals surface area contributed by atoms with Crippen molar-refractivity contribution in [1.29, 1.82) is 5.26 Å². The summed E-state index contributed by atoms with van der Waals surface area (Å²) in [5.41, 5.74) is 6.36. The highest BCUT2D eigenvalue weighted by atomic mass is 16.7. The molecule has 1 aromatic carbocycles. The van der Waals surface area contributed by atoms with Crippen LogP contribution in [-0.2, 0) is 4.79 Å². The van der Waals surface area contributed by atoms with Gasteiger partial charge in [0, 0.05) is 13.1 Å². The van der Waals surface area contributed by atoms with Crippen LogP contribution in [0.1, 0.15) is 11.7 Å². The average molecular weight is 286 g/mol. The number of primary amides is 1. The average Bonchev–Trinajstić information content (AvgIpc) is 3.37. The molecular formula is C14H14N4O3. The second-order valence-corrected chi connectivity index (χ2v) is 5.44. The summed E-state index contributed by atoms with van der Waals surface area (Å²) in [7, 11) is 0. The van der Waals surface area contributed by atoms with Gasteiger partial charge in [0.15, 0.2) is 11.5 Å². The zero-order valence-corrected chi connectivity index (χ0v) is 11.2. The van der Waals surface area contributed by atoms with Gasteiger partial charge < -0.3 is 15.2 Å². The molecule has 0 bridgehead atoms. The van der Waals surface area contributed by atoms with Crippen molar-refractivity contribution in [2.75, 3.05) is 19.9 Å². The van der Waals surface area contributed by atoms with Crippen molar-refractivity contribution in [3.63, 3.8) is 0 Å².